The van der Waals surface area contributed by atoms with E-state index in [1.165, 1.54) is 17.4 Å². The van der Waals surface area contributed by atoms with Crippen molar-refractivity contribution in [1.29, 1.82) is 0 Å². The first-order chi connectivity index (χ1) is 16.5. The number of pyridine rings is 1. The number of rotatable bonds is 4. The number of anilines is 2. The summed E-state index contributed by atoms with van der Waals surface area (Å²) in [6.45, 7) is 2.96. The number of thiazole rings is 1. The Morgan fingerprint density at radius 2 is 2.03 bits per heavy atom. The Labute approximate surface area is 203 Å². The van der Waals surface area contributed by atoms with Crippen molar-refractivity contribution in [1.82, 2.24) is 14.9 Å². The lowest BCUT2D eigenvalue weighted by molar-refractivity contribution is 0.102. The zero-order valence-electron chi connectivity index (χ0n) is 18.1. The van der Waals surface area contributed by atoms with Gasteiger partial charge in [0, 0.05) is 43.8 Å². The van der Waals surface area contributed by atoms with Crippen LogP contribution >= 0.6 is 22.9 Å². The van der Waals surface area contributed by atoms with E-state index in [0.29, 0.717) is 40.0 Å². The van der Waals surface area contributed by atoms with Crippen molar-refractivity contribution in [2.75, 3.05) is 36.4 Å². The predicted molar refractivity (Wildman–Crippen MR) is 134 cm³/mol. The third-order valence-corrected chi connectivity index (χ3v) is 7.57. The summed E-state index contributed by atoms with van der Waals surface area (Å²) < 4.78 is 17.9. The maximum absolute atomic E-state index is 15.1. The van der Waals surface area contributed by atoms with Crippen LogP contribution in [0.25, 0.3) is 21.1 Å². The van der Waals surface area contributed by atoms with Gasteiger partial charge in [0.2, 0.25) is 5.43 Å². The molecule has 0 radical (unpaired) electrons. The molecule has 4 aromatic rings. The fourth-order valence-corrected chi connectivity index (χ4v) is 5.62. The number of para-hydroxylation sites is 1. The number of nitrogens with zero attached hydrogens (tertiary/aromatic N) is 3. The number of piperazine rings is 1. The van der Waals surface area contributed by atoms with Gasteiger partial charge in [-0.3, -0.25) is 14.9 Å². The first kappa shape index (κ1) is 21.5. The minimum absolute atomic E-state index is 0.0286. The molecule has 2 aliphatic rings. The summed E-state index contributed by atoms with van der Waals surface area (Å²) in [6.07, 6.45) is 3.52. The smallest absolute Gasteiger partial charge is 0.262 e. The average Bonchev–Trinajstić information content (AvgIpc) is 3.59. The van der Waals surface area contributed by atoms with Crippen LogP contribution < -0.4 is 21.0 Å². The molecule has 3 heterocycles. The van der Waals surface area contributed by atoms with Crippen LogP contribution in [0.2, 0.25) is 5.02 Å². The lowest BCUT2D eigenvalue weighted by atomic mass is 10.1. The Hall–Kier alpha value is -3.01. The number of hydrogen-bond donors (Lipinski definition) is 2. The number of fused-ring (bicyclic) bond motifs is 2. The van der Waals surface area contributed by atoms with Crippen molar-refractivity contribution in [3.8, 4) is 0 Å². The number of carbonyl (C=O) groups is 1. The van der Waals surface area contributed by atoms with Gasteiger partial charge in [0.1, 0.15) is 16.9 Å². The summed E-state index contributed by atoms with van der Waals surface area (Å²) in [5, 5.41) is 7.05. The number of hydrogen-bond acceptors (Lipinski definition) is 6. The van der Waals surface area contributed by atoms with Crippen molar-refractivity contribution < 1.29 is 9.18 Å². The van der Waals surface area contributed by atoms with Gasteiger partial charge in [-0.05, 0) is 37.1 Å². The summed E-state index contributed by atoms with van der Waals surface area (Å²) in [5.41, 5.74) is 1.23. The molecule has 2 aromatic carbocycles. The van der Waals surface area contributed by atoms with Gasteiger partial charge in [0.15, 0.2) is 5.13 Å². The second-order valence-electron chi connectivity index (χ2n) is 8.63. The molecule has 6 rings (SSSR count). The van der Waals surface area contributed by atoms with E-state index < -0.39 is 17.2 Å². The molecule has 0 atom stereocenters. The van der Waals surface area contributed by atoms with E-state index in [-0.39, 0.29) is 17.0 Å². The van der Waals surface area contributed by atoms with Crippen molar-refractivity contribution in [2.45, 2.75) is 18.9 Å². The average molecular weight is 498 g/mol. The van der Waals surface area contributed by atoms with E-state index in [2.05, 4.69) is 15.6 Å². The lowest BCUT2D eigenvalue weighted by Crippen LogP contribution is -2.43. The normalized spacial score (nSPS) is 16.4. The second kappa shape index (κ2) is 8.33. The van der Waals surface area contributed by atoms with E-state index >= 15 is 4.39 Å². The maximum Gasteiger partial charge on any atom is 0.262 e. The van der Waals surface area contributed by atoms with E-state index in [1.54, 1.807) is 18.3 Å². The highest BCUT2D eigenvalue weighted by atomic mass is 35.5. The summed E-state index contributed by atoms with van der Waals surface area (Å²) in [7, 11) is 0. The Morgan fingerprint density at radius 1 is 1.24 bits per heavy atom. The monoisotopic (exact) mass is 497 g/mol. The SMILES string of the molecule is O=C(Nc1nc2c(Cl)cccc2s1)c1cn(C2CC2)c2cc(N3CCNCC3)c(F)cc2c1=O. The van der Waals surface area contributed by atoms with Crippen LogP contribution in [0.1, 0.15) is 29.2 Å². The first-order valence-corrected chi connectivity index (χ1v) is 12.4. The minimum atomic E-state index is -0.567. The van der Waals surface area contributed by atoms with Crippen LogP contribution in [-0.2, 0) is 0 Å². The first-order valence-electron chi connectivity index (χ1n) is 11.2. The molecule has 174 valence electrons. The number of benzene rings is 2. The zero-order valence-corrected chi connectivity index (χ0v) is 19.7. The van der Waals surface area contributed by atoms with Gasteiger partial charge in [-0.1, -0.05) is 29.0 Å². The van der Waals surface area contributed by atoms with Crippen molar-refractivity contribution in [3.05, 3.63) is 63.2 Å². The number of amides is 1. The Kier molecular flexibility index (Phi) is 5.28. The number of halogens is 2. The summed E-state index contributed by atoms with van der Waals surface area (Å²) in [4.78, 5) is 32.8. The van der Waals surface area contributed by atoms with Gasteiger partial charge in [-0.2, -0.15) is 0 Å². The standard InChI is InChI=1S/C24H21ClFN5O2S/c25-16-2-1-3-20-21(16)28-24(34-20)29-23(33)15-12-31(13-4-5-13)18-11-19(30-8-6-27-7-9-30)17(26)10-14(18)22(15)32/h1-3,10-13,27H,4-9H2,(H,28,29,33). The molecule has 7 nitrogen and oxygen atoms in total. The van der Waals surface area contributed by atoms with Gasteiger partial charge in [0.05, 0.1) is 20.9 Å². The Balaban J connectivity index is 1.42. The second-order valence-corrected chi connectivity index (χ2v) is 10.1. The minimum Gasteiger partial charge on any atom is -0.367 e. The Morgan fingerprint density at radius 3 is 2.76 bits per heavy atom. The van der Waals surface area contributed by atoms with Gasteiger partial charge in [-0.15, -0.1) is 0 Å². The summed E-state index contributed by atoms with van der Waals surface area (Å²) in [6, 6.07) is 8.64. The van der Waals surface area contributed by atoms with E-state index in [4.69, 9.17) is 11.6 Å². The topological polar surface area (TPSA) is 79.3 Å². The molecule has 2 fully saturated rings. The molecule has 2 N–H and O–H groups in total. The number of aromatic nitrogens is 2. The molecule has 1 saturated carbocycles. The van der Waals surface area contributed by atoms with Crippen LogP contribution in [0.5, 0.6) is 0 Å². The highest BCUT2D eigenvalue weighted by Gasteiger charge is 2.28. The summed E-state index contributed by atoms with van der Waals surface area (Å²) in [5.74, 6) is -1.02. The van der Waals surface area contributed by atoms with E-state index in [9.17, 15) is 9.59 Å². The summed E-state index contributed by atoms with van der Waals surface area (Å²) >= 11 is 7.48. The third kappa shape index (κ3) is 3.73. The molecule has 1 amide bonds. The molecule has 1 aliphatic carbocycles. The van der Waals surface area contributed by atoms with Crippen molar-refractivity contribution in [3.63, 3.8) is 0 Å². The predicted octanol–water partition coefficient (Wildman–Crippen LogP) is 4.40. The molecular formula is C24H21ClFN5O2S. The molecule has 34 heavy (non-hydrogen) atoms. The molecule has 2 aromatic heterocycles. The van der Waals surface area contributed by atoms with Crippen LogP contribution in [0.4, 0.5) is 15.2 Å². The zero-order chi connectivity index (χ0) is 23.4. The van der Waals surface area contributed by atoms with E-state index in [0.717, 1.165) is 30.6 Å². The van der Waals surface area contributed by atoms with Crippen LogP contribution in [0, 0.1) is 5.82 Å². The fraction of sp³-hybridized carbons (Fsp3) is 0.292. The maximum atomic E-state index is 15.1. The van der Waals surface area contributed by atoms with Gasteiger partial charge in [-0.25, -0.2) is 9.37 Å². The lowest BCUT2D eigenvalue weighted by Gasteiger charge is -2.30. The molecule has 1 saturated heterocycles. The number of carbonyl (C=O) groups excluding carboxylic acids is 1. The van der Waals surface area contributed by atoms with Gasteiger partial charge >= 0.3 is 0 Å². The molecule has 0 unspecified atom stereocenters. The fourth-order valence-electron chi connectivity index (χ4n) is 4.46. The van der Waals surface area contributed by atoms with Crippen LogP contribution in [0.15, 0.2) is 41.3 Å². The molecule has 10 heteroatoms. The molecule has 0 bridgehead atoms. The van der Waals surface area contributed by atoms with Crippen molar-refractivity contribution >= 4 is 60.8 Å². The highest BCUT2D eigenvalue weighted by molar-refractivity contribution is 7.22. The largest absolute Gasteiger partial charge is 0.367 e. The number of nitrogens with one attached hydrogen (secondary N) is 2. The van der Waals surface area contributed by atoms with Crippen LogP contribution in [-0.4, -0.2) is 41.6 Å². The molecule has 1 aliphatic heterocycles. The quantitative estimate of drug-likeness (QED) is 0.437. The molecule has 0 spiro atoms. The third-order valence-electron chi connectivity index (χ3n) is 6.33. The Bertz CT molecular complexity index is 1510. The van der Waals surface area contributed by atoms with Gasteiger partial charge in [0.25, 0.3) is 5.91 Å². The van der Waals surface area contributed by atoms with Crippen molar-refractivity contribution in [2.24, 2.45) is 0 Å². The van der Waals surface area contributed by atoms with E-state index in [1.807, 2.05) is 21.6 Å². The van der Waals surface area contributed by atoms with Gasteiger partial charge < -0.3 is 14.8 Å². The highest BCUT2D eigenvalue weighted by Crippen LogP contribution is 2.38. The van der Waals surface area contributed by atoms with Crippen LogP contribution in [0.3, 0.4) is 0 Å². The molecular weight excluding hydrogens is 477 g/mol.